The molecular weight excluding hydrogens is 262 g/mol. The Morgan fingerprint density at radius 1 is 1.52 bits per heavy atom. The molecule has 3 aromatic rings. The number of hydrogen-bond acceptors (Lipinski definition) is 3. The van der Waals surface area contributed by atoms with E-state index in [0.29, 0.717) is 5.92 Å². The number of aryl methyl sites for hydroxylation is 1. The van der Waals surface area contributed by atoms with Crippen molar-refractivity contribution in [3.8, 4) is 0 Å². The quantitative estimate of drug-likeness (QED) is 0.770. The summed E-state index contributed by atoms with van der Waals surface area (Å²) in [5.74, 6) is 1.24. The van der Waals surface area contributed by atoms with Crippen LogP contribution in [-0.4, -0.2) is 26.6 Å². The van der Waals surface area contributed by atoms with E-state index >= 15 is 0 Å². The summed E-state index contributed by atoms with van der Waals surface area (Å²) in [4.78, 5) is 12.5. The molecule has 3 aromatic heterocycles. The van der Waals surface area contributed by atoms with Crippen LogP contribution < -0.4 is 5.32 Å². The second kappa shape index (κ2) is 4.91. The molecular formula is C16H21N5. The Balaban J connectivity index is 2.28. The van der Waals surface area contributed by atoms with Crippen LogP contribution in [-0.2, 0) is 7.05 Å². The molecule has 1 atom stereocenters. The molecule has 5 nitrogen and oxygen atoms in total. The van der Waals surface area contributed by atoms with Crippen molar-refractivity contribution in [2.75, 3.05) is 12.4 Å². The molecule has 0 radical (unpaired) electrons. The van der Waals surface area contributed by atoms with Crippen molar-refractivity contribution >= 4 is 33.5 Å². The molecule has 5 heteroatoms. The molecule has 0 saturated heterocycles. The van der Waals surface area contributed by atoms with Gasteiger partial charge in [0.2, 0.25) is 0 Å². The zero-order valence-corrected chi connectivity index (χ0v) is 13.0. The molecule has 1 unspecified atom stereocenters. The molecule has 0 aliphatic rings. The zero-order valence-electron chi connectivity index (χ0n) is 13.0. The van der Waals surface area contributed by atoms with E-state index in [9.17, 15) is 0 Å². The predicted octanol–water partition coefficient (Wildman–Crippen LogP) is 3.55. The van der Waals surface area contributed by atoms with Gasteiger partial charge in [-0.15, -0.1) is 0 Å². The standard InChI is InChI=1S/C16H21N5/c1-6-9(2)10(3)12-7-11-14-13(18-8-21(14)5)16(17-4)20-15(11)19-12/h7-9H,3,6H2,1-2,4-5H3,(H2,17,19,20). The highest BCUT2D eigenvalue weighted by molar-refractivity contribution is 6.06. The van der Waals surface area contributed by atoms with E-state index in [0.717, 1.165) is 45.6 Å². The normalized spacial score (nSPS) is 13.0. The lowest BCUT2D eigenvalue weighted by molar-refractivity contribution is 0.717. The highest BCUT2D eigenvalue weighted by Crippen LogP contribution is 2.32. The van der Waals surface area contributed by atoms with Crippen molar-refractivity contribution in [1.29, 1.82) is 0 Å². The number of nitrogens with zero attached hydrogens (tertiary/aromatic N) is 3. The van der Waals surface area contributed by atoms with Gasteiger partial charge in [0.25, 0.3) is 0 Å². The fourth-order valence-corrected chi connectivity index (χ4v) is 2.66. The van der Waals surface area contributed by atoms with Gasteiger partial charge in [-0.1, -0.05) is 20.4 Å². The minimum absolute atomic E-state index is 0.448. The van der Waals surface area contributed by atoms with Gasteiger partial charge < -0.3 is 14.9 Å². The average Bonchev–Trinajstić information content (AvgIpc) is 3.08. The molecule has 0 amide bonds. The lowest BCUT2D eigenvalue weighted by atomic mass is 9.97. The number of hydrogen-bond donors (Lipinski definition) is 2. The smallest absolute Gasteiger partial charge is 0.156 e. The molecule has 0 aliphatic carbocycles. The largest absolute Gasteiger partial charge is 0.371 e. The molecule has 0 saturated carbocycles. The van der Waals surface area contributed by atoms with Gasteiger partial charge in [-0.3, -0.25) is 0 Å². The van der Waals surface area contributed by atoms with Crippen LogP contribution in [0.5, 0.6) is 0 Å². The summed E-state index contributed by atoms with van der Waals surface area (Å²) < 4.78 is 2.03. The third-order valence-electron chi connectivity index (χ3n) is 4.23. The first-order valence-corrected chi connectivity index (χ1v) is 7.27. The number of anilines is 1. The maximum absolute atomic E-state index is 4.64. The number of imidazole rings is 1. The second-order valence-corrected chi connectivity index (χ2v) is 5.54. The lowest BCUT2D eigenvalue weighted by Crippen LogP contribution is -1.96. The Kier molecular flexibility index (Phi) is 3.20. The maximum Gasteiger partial charge on any atom is 0.156 e. The van der Waals surface area contributed by atoms with Crippen molar-refractivity contribution in [2.24, 2.45) is 13.0 Å². The van der Waals surface area contributed by atoms with E-state index < -0.39 is 0 Å². The van der Waals surface area contributed by atoms with Crippen molar-refractivity contribution in [3.05, 3.63) is 24.7 Å². The molecule has 3 rings (SSSR count). The van der Waals surface area contributed by atoms with E-state index in [2.05, 4.69) is 46.8 Å². The van der Waals surface area contributed by atoms with Crippen LogP contribution in [0.3, 0.4) is 0 Å². The fraction of sp³-hybridized carbons (Fsp3) is 0.375. The summed E-state index contributed by atoms with van der Waals surface area (Å²) in [7, 11) is 3.87. The number of fused-ring (bicyclic) bond motifs is 3. The number of aromatic amines is 1. The van der Waals surface area contributed by atoms with E-state index in [1.807, 2.05) is 25.0 Å². The molecule has 0 fully saturated rings. The Hall–Kier alpha value is -2.30. The lowest BCUT2D eigenvalue weighted by Gasteiger charge is -2.09. The summed E-state index contributed by atoms with van der Waals surface area (Å²) >= 11 is 0. The Labute approximate surface area is 124 Å². The number of aromatic nitrogens is 4. The first kappa shape index (κ1) is 13.7. The van der Waals surface area contributed by atoms with Gasteiger partial charge in [0.15, 0.2) is 5.82 Å². The molecule has 0 aromatic carbocycles. The fourth-order valence-electron chi connectivity index (χ4n) is 2.66. The number of pyridine rings is 1. The first-order chi connectivity index (χ1) is 10.1. The van der Waals surface area contributed by atoms with E-state index in [4.69, 9.17) is 0 Å². The summed E-state index contributed by atoms with van der Waals surface area (Å²) in [6.45, 7) is 8.60. The van der Waals surface area contributed by atoms with Gasteiger partial charge in [0.1, 0.15) is 11.2 Å². The van der Waals surface area contributed by atoms with E-state index in [1.165, 1.54) is 0 Å². The van der Waals surface area contributed by atoms with Crippen LogP contribution in [0.15, 0.2) is 19.0 Å². The summed E-state index contributed by atoms with van der Waals surface area (Å²) in [6.07, 6.45) is 2.90. The molecule has 21 heavy (non-hydrogen) atoms. The van der Waals surface area contributed by atoms with Crippen LogP contribution in [0, 0.1) is 5.92 Å². The molecule has 110 valence electrons. The van der Waals surface area contributed by atoms with Crippen LogP contribution in [0.4, 0.5) is 5.82 Å². The average molecular weight is 283 g/mol. The number of allylic oxidation sites excluding steroid dienone is 1. The van der Waals surface area contributed by atoms with Crippen LogP contribution in [0.2, 0.25) is 0 Å². The molecule has 2 N–H and O–H groups in total. The van der Waals surface area contributed by atoms with Crippen molar-refractivity contribution < 1.29 is 0 Å². The van der Waals surface area contributed by atoms with Gasteiger partial charge >= 0.3 is 0 Å². The molecule has 0 aliphatic heterocycles. The van der Waals surface area contributed by atoms with Gasteiger partial charge in [0, 0.05) is 25.2 Å². The number of nitrogens with one attached hydrogen (secondary N) is 2. The zero-order chi connectivity index (χ0) is 15.1. The third-order valence-corrected chi connectivity index (χ3v) is 4.23. The number of rotatable bonds is 4. The van der Waals surface area contributed by atoms with Crippen molar-refractivity contribution in [1.82, 2.24) is 19.5 Å². The minimum Gasteiger partial charge on any atom is -0.371 e. The predicted molar refractivity (Wildman–Crippen MR) is 88.4 cm³/mol. The van der Waals surface area contributed by atoms with Gasteiger partial charge in [0.05, 0.1) is 11.8 Å². The maximum atomic E-state index is 4.64. The highest BCUT2D eigenvalue weighted by atomic mass is 15.1. The van der Waals surface area contributed by atoms with Crippen LogP contribution in [0.25, 0.3) is 27.6 Å². The molecule has 3 heterocycles. The van der Waals surface area contributed by atoms with Crippen LogP contribution >= 0.6 is 0 Å². The van der Waals surface area contributed by atoms with E-state index in [-0.39, 0.29) is 0 Å². The first-order valence-electron chi connectivity index (χ1n) is 7.27. The van der Waals surface area contributed by atoms with Crippen LogP contribution in [0.1, 0.15) is 26.0 Å². The summed E-state index contributed by atoms with van der Waals surface area (Å²) in [5, 5.41) is 4.21. The van der Waals surface area contributed by atoms with Gasteiger partial charge in [-0.2, -0.15) is 0 Å². The monoisotopic (exact) mass is 283 g/mol. The number of H-pyrrole nitrogens is 1. The highest BCUT2D eigenvalue weighted by Gasteiger charge is 2.16. The molecule has 0 bridgehead atoms. The third kappa shape index (κ3) is 2.00. The molecule has 0 spiro atoms. The topological polar surface area (TPSA) is 58.5 Å². The summed E-state index contributed by atoms with van der Waals surface area (Å²) in [6, 6.07) is 2.14. The minimum atomic E-state index is 0.448. The van der Waals surface area contributed by atoms with Gasteiger partial charge in [-0.25, -0.2) is 9.97 Å². The Morgan fingerprint density at radius 3 is 2.95 bits per heavy atom. The van der Waals surface area contributed by atoms with Crippen molar-refractivity contribution in [2.45, 2.75) is 20.3 Å². The van der Waals surface area contributed by atoms with Gasteiger partial charge in [-0.05, 0) is 24.0 Å². The SMILES string of the molecule is C=C(c1cc2c(nc(NC)c3ncn(C)c32)[nH]1)C(C)CC. The Bertz CT molecular complexity index is 824. The van der Waals surface area contributed by atoms with E-state index in [1.54, 1.807) is 0 Å². The Morgan fingerprint density at radius 2 is 2.29 bits per heavy atom. The second-order valence-electron chi connectivity index (χ2n) is 5.54. The van der Waals surface area contributed by atoms with Crippen molar-refractivity contribution in [3.63, 3.8) is 0 Å². The summed E-state index contributed by atoms with van der Waals surface area (Å²) in [5.41, 5.74) is 5.03.